The zero-order chi connectivity index (χ0) is 29.6. The number of carbonyl (C=O) groups excluding carboxylic acids is 1. The Morgan fingerprint density at radius 2 is 1.69 bits per heavy atom. The maximum Gasteiger partial charge on any atom is 0.270 e. The smallest absolute Gasteiger partial charge is 0.270 e. The zero-order valence-electron chi connectivity index (χ0n) is 23.3. The van der Waals surface area contributed by atoms with Crippen LogP contribution < -0.4 is 10.3 Å². The number of ether oxygens (including phenoxy) is 1. The summed E-state index contributed by atoms with van der Waals surface area (Å²) < 4.78 is 7.14. The monoisotopic (exact) mass is 562 g/mol. The third-order valence-corrected chi connectivity index (χ3v) is 7.24. The molecular weight excluding hydrogens is 532 g/mol. The van der Waals surface area contributed by atoms with Gasteiger partial charge in [-0.3, -0.25) is 24.3 Å². The van der Waals surface area contributed by atoms with E-state index in [2.05, 4.69) is 0 Å². The van der Waals surface area contributed by atoms with E-state index >= 15 is 0 Å². The Kier molecular flexibility index (Phi) is 8.38. The van der Waals surface area contributed by atoms with Crippen LogP contribution in [0.1, 0.15) is 41.1 Å². The highest BCUT2D eigenvalue weighted by atomic mass is 16.6. The van der Waals surface area contributed by atoms with Crippen molar-refractivity contribution in [1.82, 2.24) is 14.5 Å². The van der Waals surface area contributed by atoms with Crippen molar-refractivity contribution in [3.05, 3.63) is 141 Å². The quantitative estimate of drug-likeness (QED) is 0.150. The topological polar surface area (TPSA) is 108 Å². The minimum atomic E-state index is -0.650. The molecule has 5 aromatic rings. The van der Waals surface area contributed by atoms with Crippen molar-refractivity contribution in [2.45, 2.75) is 25.8 Å². The molecule has 1 aromatic heterocycles. The van der Waals surface area contributed by atoms with E-state index in [-0.39, 0.29) is 16.8 Å². The van der Waals surface area contributed by atoms with Gasteiger partial charge < -0.3 is 9.64 Å². The number of para-hydroxylation sites is 3. The molecule has 0 aliphatic heterocycles. The molecule has 0 saturated carbocycles. The summed E-state index contributed by atoms with van der Waals surface area (Å²) >= 11 is 0. The van der Waals surface area contributed by atoms with Crippen LogP contribution in [0, 0.1) is 10.1 Å². The van der Waals surface area contributed by atoms with E-state index in [0.717, 1.165) is 5.56 Å². The summed E-state index contributed by atoms with van der Waals surface area (Å²) in [5.41, 5.74) is 1.76. The van der Waals surface area contributed by atoms with Crippen molar-refractivity contribution >= 4 is 22.5 Å². The summed E-state index contributed by atoms with van der Waals surface area (Å²) in [6.45, 7) is 2.22. The van der Waals surface area contributed by atoms with Crippen LogP contribution in [0.3, 0.4) is 0 Å². The lowest BCUT2D eigenvalue weighted by Crippen LogP contribution is -2.39. The first-order chi connectivity index (χ1) is 20.4. The summed E-state index contributed by atoms with van der Waals surface area (Å²) in [5.74, 6) is 0.460. The van der Waals surface area contributed by atoms with Gasteiger partial charge in [0.15, 0.2) is 0 Å². The van der Waals surface area contributed by atoms with Crippen LogP contribution in [-0.2, 0) is 6.42 Å². The van der Waals surface area contributed by atoms with Crippen LogP contribution in [-0.4, -0.2) is 38.9 Å². The second-order valence-corrected chi connectivity index (χ2v) is 9.77. The van der Waals surface area contributed by atoms with Crippen LogP contribution in [0.5, 0.6) is 5.75 Å². The summed E-state index contributed by atoms with van der Waals surface area (Å²) in [5, 5.41) is 11.9. The molecule has 0 bridgehead atoms. The predicted molar refractivity (Wildman–Crippen MR) is 161 cm³/mol. The van der Waals surface area contributed by atoms with Gasteiger partial charge in [-0.2, -0.15) is 0 Å². The van der Waals surface area contributed by atoms with Gasteiger partial charge >= 0.3 is 0 Å². The van der Waals surface area contributed by atoms with Crippen molar-refractivity contribution in [3.63, 3.8) is 0 Å². The van der Waals surface area contributed by atoms with Gasteiger partial charge in [0.05, 0.1) is 34.7 Å². The Balaban J connectivity index is 1.71. The van der Waals surface area contributed by atoms with Gasteiger partial charge in [0.25, 0.3) is 17.2 Å². The normalized spacial score (nSPS) is 11.7. The molecule has 42 heavy (non-hydrogen) atoms. The molecule has 9 heteroatoms. The molecule has 1 amide bonds. The molecule has 9 nitrogen and oxygen atoms in total. The van der Waals surface area contributed by atoms with E-state index in [1.54, 1.807) is 41.3 Å². The predicted octanol–water partition coefficient (Wildman–Crippen LogP) is 6.14. The highest BCUT2D eigenvalue weighted by Crippen LogP contribution is 2.31. The van der Waals surface area contributed by atoms with Crippen LogP contribution in [0.4, 0.5) is 5.69 Å². The van der Waals surface area contributed by atoms with E-state index in [9.17, 15) is 19.7 Å². The van der Waals surface area contributed by atoms with E-state index in [4.69, 9.17) is 9.72 Å². The molecular formula is C33H30N4O5. The van der Waals surface area contributed by atoms with Gasteiger partial charge in [0.2, 0.25) is 0 Å². The fourth-order valence-corrected chi connectivity index (χ4v) is 5.17. The third-order valence-electron chi connectivity index (χ3n) is 7.24. The van der Waals surface area contributed by atoms with Crippen molar-refractivity contribution < 1.29 is 14.5 Å². The Morgan fingerprint density at radius 1 is 0.976 bits per heavy atom. The molecule has 212 valence electrons. The van der Waals surface area contributed by atoms with Crippen molar-refractivity contribution in [2.24, 2.45) is 0 Å². The summed E-state index contributed by atoms with van der Waals surface area (Å²) in [4.78, 5) is 45.9. The molecule has 1 heterocycles. The largest absolute Gasteiger partial charge is 0.495 e. The van der Waals surface area contributed by atoms with Gasteiger partial charge in [-0.25, -0.2) is 4.98 Å². The molecule has 0 aliphatic carbocycles. The van der Waals surface area contributed by atoms with Gasteiger partial charge in [-0.05, 0) is 48.7 Å². The number of hydrogen-bond donors (Lipinski definition) is 0. The summed E-state index contributed by atoms with van der Waals surface area (Å²) in [6.07, 6.45) is 0.958. The van der Waals surface area contributed by atoms with E-state index in [1.165, 1.54) is 29.9 Å². The number of carbonyl (C=O) groups is 1. The highest BCUT2D eigenvalue weighted by molar-refractivity contribution is 5.95. The zero-order valence-corrected chi connectivity index (χ0v) is 23.3. The number of fused-ring (bicyclic) bond motifs is 1. The van der Waals surface area contributed by atoms with Crippen molar-refractivity contribution in [1.29, 1.82) is 0 Å². The van der Waals surface area contributed by atoms with Gasteiger partial charge in [-0.15, -0.1) is 0 Å². The maximum absolute atomic E-state index is 14.2. The van der Waals surface area contributed by atoms with E-state index in [0.29, 0.717) is 47.6 Å². The summed E-state index contributed by atoms with van der Waals surface area (Å²) in [7, 11) is 1.54. The van der Waals surface area contributed by atoms with Crippen molar-refractivity contribution in [2.75, 3.05) is 13.7 Å². The van der Waals surface area contributed by atoms with Crippen LogP contribution in [0.25, 0.3) is 16.6 Å². The number of hydrogen-bond acceptors (Lipinski definition) is 6. The number of rotatable bonds is 10. The summed E-state index contributed by atoms with van der Waals surface area (Å²) in [6, 6.07) is 29.1. The lowest BCUT2D eigenvalue weighted by atomic mass is 10.1. The number of non-ortho nitro benzene ring substituents is 1. The lowest BCUT2D eigenvalue weighted by Gasteiger charge is -2.33. The fraction of sp³-hybridized carbons (Fsp3) is 0.182. The molecule has 4 aromatic carbocycles. The molecule has 0 saturated heterocycles. The molecule has 0 aliphatic rings. The maximum atomic E-state index is 14.2. The van der Waals surface area contributed by atoms with Gasteiger partial charge in [-0.1, -0.05) is 67.6 Å². The van der Waals surface area contributed by atoms with Crippen molar-refractivity contribution in [3.8, 4) is 11.4 Å². The molecule has 0 N–H and O–H groups in total. The number of amides is 1. The Labute approximate surface area is 242 Å². The second kappa shape index (κ2) is 12.5. The molecule has 1 unspecified atom stereocenters. The number of nitrogens with zero attached hydrogens (tertiary/aromatic N) is 4. The molecule has 0 spiro atoms. The molecule has 0 radical (unpaired) electrons. The van der Waals surface area contributed by atoms with Crippen LogP contribution >= 0.6 is 0 Å². The second-order valence-electron chi connectivity index (χ2n) is 9.77. The Hall–Kier alpha value is -5.31. The van der Waals surface area contributed by atoms with Gasteiger partial charge in [0.1, 0.15) is 11.6 Å². The number of methoxy groups -OCH3 is 1. The van der Waals surface area contributed by atoms with Gasteiger partial charge in [0, 0.05) is 24.2 Å². The fourth-order valence-electron chi connectivity index (χ4n) is 5.17. The van der Waals surface area contributed by atoms with Crippen LogP contribution in [0.2, 0.25) is 0 Å². The standard InChI is InChI=1S/C33H30N4O5/c1-3-28(31-34-27-17-8-7-16-26(27)33(39)36(31)29-18-9-10-19-30(29)42-2)35(21-20-23-12-5-4-6-13-23)32(38)24-14-11-15-25(22-24)37(40)41/h4-19,22,28H,3,20-21H2,1-2H3. The van der Waals surface area contributed by atoms with E-state index in [1.807, 2.05) is 55.5 Å². The third kappa shape index (κ3) is 5.62. The SMILES string of the molecule is CCC(c1nc2ccccc2c(=O)n1-c1ccccc1OC)N(CCc1ccccc1)C(=O)c1cccc([N+](=O)[O-])c1. The number of nitro benzene ring substituents is 1. The van der Waals surface area contributed by atoms with Crippen LogP contribution in [0.15, 0.2) is 108 Å². The minimum absolute atomic E-state index is 0.174. The minimum Gasteiger partial charge on any atom is -0.495 e. The first kappa shape index (κ1) is 28.2. The first-order valence-electron chi connectivity index (χ1n) is 13.7. The average Bonchev–Trinajstić information content (AvgIpc) is 3.03. The number of benzene rings is 4. The molecule has 1 atom stereocenters. The highest BCUT2D eigenvalue weighted by Gasteiger charge is 2.31. The Morgan fingerprint density at radius 3 is 2.43 bits per heavy atom. The Bertz CT molecular complexity index is 1800. The van der Waals surface area contributed by atoms with E-state index < -0.39 is 16.9 Å². The first-order valence-corrected chi connectivity index (χ1v) is 13.7. The molecule has 5 rings (SSSR count). The average molecular weight is 563 g/mol. The molecule has 0 fully saturated rings. The lowest BCUT2D eigenvalue weighted by molar-refractivity contribution is -0.384. The number of aromatic nitrogens is 2. The number of nitro groups is 1.